The lowest BCUT2D eigenvalue weighted by molar-refractivity contribution is -0.165. The van der Waals surface area contributed by atoms with Crippen LogP contribution in [0.3, 0.4) is 0 Å². The van der Waals surface area contributed by atoms with Gasteiger partial charge in [-0.15, -0.1) is 0 Å². The minimum atomic E-state index is -0.0879. The number of likely N-dealkylation sites (tertiary alicyclic amines) is 1. The first-order valence-electron chi connectivity index (χ1n) is 7.06. The van der Waals surface area contributed by atoms with E-state index in [9.17, 15) is 0 Å². The van der Waals surface area contributed by atoms with E-state index in [1.807, 2.05) is 0 Å². The van der Waals surface area contributed by atoms with Gasteiger partial charge in [0.1, 0.15) is 5.72 Å². The number of rotatable bonds is 2. The van der Waals surface area contributed by atoms with Crippen LogP contribution in [0.25, 0.3) is 0 Å². The van der Waals surface area contributed by atoms with Gasteiger partial charge in [-0.3, -0.25) is 5.32 Å². The monoisotopic (exact) mass is 240 g/mol. The minimum absolute atomic E-state index is 0.0879. The summed E-state index contributed by atoms with van der Waals surface area (Å²) < 4.78 is 6.16. The summed E-state index contributed by atoms with van der Waals surface area (Å²) in [5.74, 6) is 0.668. The Morgan fingerprint density at radius 1 is 1.24 bits per heavy atom. The Morgan fingerprint density at radius 3 is 2.35 bits per heavy atom. The fraction of sp³-hybridized carbons (Fsp3) is 1.00. The van der Waals surface area contributed by atoms with Gasteiger partial charge in [-0.1, -0.05) is 20.8 Å². The normalized spacial score (nSPS) is 36.0. The van der Waals surface area contributed by atoms with Crippen LogP contribution < -0.4 is 5.32 Å². The van der Waals surface area contributed by atoms with Crippen LogP contribution in [-0.4, -0.2) is 43.4 Å². The second-order valence-electron chi connectivity index (χ2n) is 6.62. The lowest BCUT2D eigenvalue weighted by Crippen LogP contribution is -2.61. The van der Waals surface area contributed by atoms with Crippen molar-refractivity contribution in [2.45, 2.75) is 46.3 Å². The molecule has 2 saturated heterocycles. The maximum atomic E-state index is 6.16. The molecule has 0 aromatic heterocycles. The third-order valence-electron chi connectivity index (χ3n) is 4.49. The fourth-order valence-corrected chi connectivity index (χ4v) is 2.92. The average molecular weight is 240 g/mol. The van der Waals surface area contributed by atoms with Gasteiger partial charge in [-0.25, -0.2) is 0 Å². The zero-order valence-electron chi connectivity index (χ0n) is 11.9. The predicted molar refractivity (Wildman–Crippen MR) is 71.0 cm³/mol. The SMILES string of the molecule is CCN1CCC(C2(C)NCC(C)(C)CO2)CC1. The van der Waals surface area contributed by atoms with Gasteiger partial charge in [-0.2, -0.15) is 0 Å². The largest absolute Gasteiger partial charge is 0.360 e. The first-order chi connectivity index (χ1) is 7.95. The summed E-state index contributed by atoms with van der Waals surface area (Å²) in [6, 6.07) is 0. The number of ether oxygens (including phenoxy) is 1. The Balaban J connectivity index is 1.90. The average Bonchev–Trinajstić information content (AvgIpc) is 2.34. The molecule has 0 aliphatic carbocycles. The highest BCUT2D eigenvalue weighted by molar-refractivity contribution is 4.91. The standard InChI is InChI=1S/C14H28N2O/c1-5-16-8-6-12(7-9-16)14(4)15-10-13(2,3)11-17-14/h12,15H,5-11H2,1-4H3. The summed E-state index contributed by atoms with van der Waals surface area (Å²) in [4.78, 5) is 2.53. The predicted octanol–water partition coefficient (Wildman–Crippen LogP) is 2.08. The summed E-state index contributed by atoms with van der Waals surface area (Å²) in [7, 11) is 0. The second kappa shape index (κ2) is 4.87. The maximum absolute atomic E-state index is 6.16. The van der Waals surface area contributed by atoms with Gasteiger partial charge >= 0.3 is 0 Å². The summed E-state index contributed by atoms with van der Waals surface area (Å²) in [6.45, 7) is 14.6. The first-order valence-corrected chi connectivity index (χ1v) is 7.06. The van der Waals surface area contributed by atoms with Gasteiger partial charge < -0.3 is 9.64 Å². The van der Waals surface area contributed by atoms with E-state index in [1.165, 1.54) is 32.5 Å². The Morgan fingerprint density at radius 2 is 1.88 bits per heavy atom. The Hall–Kier alpha value is -0.120. The highest BCUT2D eigenvalue weighted by Crippen LogP contribution is 2.34. The van der Waals surface area contributed by atoms with E-state index in [0.717, 1.165) is 13.2 Å². The van der Waals surface area contributed by atoms with Crippen molar-refractivity contribution in [1.82, 2.24) is 10.2 Å². The van der Waals surface area contributed by atoms with Gasteiger partial charge in [0, 0.05) is 17.9 Å². The molecule has 2 aliphatic rings. The van der Waals surface area contributed by atoms with E-state index < -0.39 is 0 Å². The van der Waals surface area contributed by atoms with Crippen LogP contribution in [0.2, 0.25) is 0 Å². The molecule has 2 rings (SSSR count). The topological polar surface area (TPSA) is 24.5 Å². The number of hydrogen-bond donors (Lipinski definition) is 1. The molecule has 2 heterocycles. The van der Waals surface area contributed by atoms with E-state index in [1.54, 1.807) is 0 Å². The van der Waals surface area contributed by atoms with Crippen LogP contribution >= 0.6 is 0 Å². The lowest BCUT2D eigenvalue weighted by atomic mass is 9.83. The second-order valence-corrected chi connectivity index (χ2v) is 6.62. The molecule has 0 amide bonds. The molecule has 2 fully saturated rings. The molecule has 1 atom stereocenters. The van der Waals surface area contributed by atoms with Crippen molar-refractivity contribution >= 4 is 0 Å². The van der Waals surface area contributed by atoms with Crippen molar-refractivity contribution < 1.29 is 4.74 Å². The molecule has 0 saturated carbocycles. The van der Waals surface area contributed by atoms with Crippen molar-refractivity contribution in [2.24, 2.45) is 11.3 Å². The maximum Gasteiger partial charge on any atom is 0.119 e. The van der Waals surface area contributed by atoms with Crippen molar-refractivity contribution in [3.63, 3.8) is 0 Å². The molecule has 0 radical (unpaired) electrons. The first kappa shape index (κ1) is 13.3. The zero-order chi connectivity index (χ0) is 12.5. The third-order valence-corrected chi connectivity index (χ3v) is 4.49. The molecule has 1 unspecified atom stereocenters. The lowest BCUT2D eigenvalue weighted by Gasteiger charge is -2.48. The van der Waals surface area contributed by atoms with Crippen molar-refractivity contribution in [1.29, 1.82) is 0 Å². The van der Waals surface area contributed by atoms with Gasteiger partial charge in [0.15, 0.2) is 0 Å². The van der Waals surface area contributed by atoms with Crippen molar-refractivity contribution in [2.75, 3.05) is 32.8 Å². The molecule has 17 heavy (non-hydrogen) atoms. The van der Waals surface area contributed by atoms with E-state index >= 15 is 0 Å². The molecule has 0 aromatic carbocycles. The van der Waals surface area contributed by atoms with Crippen LogP contribution in [0.5, 0.6) is 0 Å². The molecule has 0 aromatic rings. The number of nitrogens with zero attached hydrogens (tertiary/aromatic N) is 1. The molecule has 100 valence electrons. The smallest absolute Gasteiger partial charge is 0.119 e. The molecule has 3 nitrogen and oxygen atoms in total. The van der Waals surface area contributed by atoms with Crippen molar-refractivity contribution in [3.8, 4) is 0 Å². The van der Waals surface area contributed by atoms with E-state index in [2.05, 4.69) is 37.9 Å². The number of piperidine rings is 1. The van der Waals surface area contributed by atoms with Gasteiger partial charge in [0.25, 0.3) is 0 Å². The van der Waals surface area contributed by atoms with Gasteiger partial charge in [0.2, 0.25) is 0 Å². The Bertz CT molecular complexity index is 247. The summed E-state index contributed by atoms with van der Waals surface area (Å²) in [5.41, 5.74) is 0.193. The molecule has 0 spiro atoms. The highest BCUT2D eigenvalue weighted by atomic mass is 16.5. The van der Waals surface area contributed by atoms with Gasteiger partial charge in [0.05, 0.1) is 6.61 Å². The van der Waals surface area contributed by atoms with Crippen LogP contribution in [0, 0.1) is 11.3 Å². The van der Waals surface area contributed by atoms with E-state index in [-0.39, 0.29) is 11.1 Å². The van der Waals surface area contributed by atoms with E-state index in [0.29, 0.717) is 5.92 Å². The molecule has 3 heteroatoms. The number of nitrogens with one attached hydrogen (secondary N) is 1. The third kappa shape index (κ3) is 3.01. The van der Waals surface area contributed by atoms with Crippen molar-refractivity contribution in [3.05, 3.63) is 0 Å². The molecule has 1 N–H and O–H groups in total. The fourth-order valence-electron chi connectivity index (χ4n) is 2.92. The molecular formula is C14H28N2O. The van der Waals surface area contributed by atoms with Crippen LogP contribution in [-0.2, 0) is 4.74 Å². The molecule has 0 bridgehead atoms. The highest BCUT2D eigenvalue weighted by Gasteiger charge is 2.42. The Kier molecular flexibility index (Phi) is 3.81. The van der Waals surface area contributed by atoms with E-state index in [4.69, 9.17) is 4.74 Å². The summed E-state index contributed by atoms with van der Waals surface area (Å²) in [6.07, 6.45) is 2.52. The molecular weight excluding hydrogens is 212 g/mol. The summed E-state index contributed by atoms with van der Waals surface area (Å²) in [5, 5.41) is 3.65. The summed E-state index contributed by atoms with van der Waals surface area (Å²) >= 11 is 0. The Labute approximate surface area is 106 Å². The van der Waals surface area contributed by atoms with Crippen LogP contribution in [0.15, 0.2) is 0 Å². The van der Waals surface area contributed by atoms with Gasteiger partial charge in [-0.05, 0) is 39.4 Å². The quantitative estimate of drug-likeness (QED) is 0.800. The van der Waals surface area contributed by atoms with Crippen LogP contribution in [0.4, 0.5) is 0 Å². The minimum Gasteiger partial charge on any atom is -0.360 e. The van der Waals surface area contributed by atoms with Crippen LogP contribution in [0.1, 0.15) is 40.5 Å². The molecule has 2 aliphatic heterocycles. The number of hydrogen-bond acceptors (Lipinski definition) is 3. The zero-order valence-corrected chi connectivity index (χ0v) is 11.9.